The molecule has 12 heteroatoms. The van der Waals surface area contributed by atoms with Gasteiger partial charge in [0, 0.05) is 66.6 Å². The smallest absolute Gasteiger partial charge is 0.317 e. The van der Waals surface area contributed by atoms with Crippen LogP contribution < -0.4 is 0 Å². The standard InChI is InChI=1S/C16H28N4O6.2C2H6.2CH4O/c21-11-9-17-1-2-18(10-12-22)4-6-20(14-16(25)26)8-7-19(5-3-17)13-15(23)24;4*1-2/h11-12H,1-10,13-14H2,(H,23,24)(H,25,26);2*1-2H3;2*2H,1H3. The predicted molar refractivity (Wildman–Crippen MR) is 132 cm³/mol. The van der Waals surface area contributed by atoms with Gasteiger partial charge in [-0.15, -0.1) is 0 Å². The van der Waals surface area contributed by atoms with Gasteiger partial charge in [-0.3, -0.25) is 29.2 Å². The first kappa shape index (κ1) is 39.3. The first-order valence-corrected chi connectivity index (χ1v) is 11.5. The number of aliphatic hydroxyl groups excluding tert-OH is 2. The Morgan fingerprint density at radius 3 is 0.941 bits per heavy atom. The molecule has 0 spiro atoms. The van der Waals surface area contributed by atoms with Gasteiger partial charge in [0.05, 0.1) is 26.2 Å². The van der Waals surface area contributed by atoms with Gasteiger partial charge in [-0.25, -0.2) is 0 Å². The van der Waals surface area contributed by atoms with Crippen LogP contribution in [0.25, 0.3) is 0 Å². The fourth-order valence-corrected chi connectivity index (χ4v) is 2.85. The van der Waals surface area contributed by atoms with Crippen molar-refractivity contribution in [1.29, 1.82) is 0 Å². The molecule has 34 heavy (non-hydrogen) atoms. The second-order valence-corrected chi connectivity index (χ2v) is 6.27. The van der Waals surface area contributed by atoms with E-state index in [9.17, 15) is 19.2 Å². The van der Waals surface area contributed by atoms with E-state index in [1.165, 1.54) is 0 Å². The number of aldehydes is 2. The molecule has 0 radical (unpaired) electrons. The summed E-state index contributed by atoms with van der Waals surface area (Å²) in [4.78, 5) is 51.2. The van der Waals surface area contributed by atoms with Crippen LogP contribution in [0.4, 0.5) is 0 Å². The van der Waals surface area contributed by atoms with E-state index in [1.807, 2.05) is 37.5 Å². The monoisotopic (exact) mass is 496 g/mol. The maximum atomic E-state index is 11.1. The molecule has 0 bridgehead atoms. The molecule has 1 saturated heterocycles. The Kier molecular flexibility index (Phi) is 35.8. The first-order valence-electron chi connectivity index (χ1n) is 11.5. The number of carboxylic acid groups (broad SMARTS) is 2. The third-order valence-corrected chi connectivity index (χ3v) is 4.31. The lowest BCUT2D eigenvalue weighted by molar-refractivity contribution is -0.140. The van der Waals surface area contributed by atoms with Gasteiger partial charge in [-0.1, -0.05) is 27.7 Å². The van der Waals surface area contributed by atoms with Crippen LogP contribution in [0.1, 0.15) is 27.7 Å². The summed E-state index contributed by atoms with van der Waals surface area (Å²) in [5, 5.41) is 32.1. The largest absolute Gasteiger partial charge is 0.480 e. The molecule has 12 nitrogen and oxygen atoms in total. The molecule has 1 fully saturated rings. The Labute approximate surface area is 204 Å². The van der Waals surface area contributed by atoms with Crippen LogP contribution in [-0.2, 0) is 19.2 Å². The highest BCUT2D eigenvalue weighted by Gasteiger charge is 2.18. The maximum absolute atomic E-state index is 11.1. The molecule has 0 aliphatic carbocycles. The van der Waals surface area contributed by atoms with Gasteiger partial charge >= 0.3 is 11.9 Å². The Balaban J connectivity index is -0.000000506. The van der Waals surface area contributed by atoms with E-state index in [2.05, 4.69) is 0 Å². The quantitative estimate of drug-likeness (QED) is 0.305. The summed E-state index contributed by atoms with van der Waals surface area (Å²) in [5.41, 5.74) is 0. The van der Waals surface area contributed by atoms with Crippen molar-refractivity contribution in [1.82, 2.24) is 19.6 Å². The summed E-state index contributed by atoms with van der Waals surface area (Å²) in [6.07, 6.45) is 1.62. The maximum Gasteiger partial charge on any atom is 0.317 e. The van der Waals surface area contributed by atoms with E-state index in [-0.39, 0.29) is 26.2 Å². The number of rotatable bonds is 8. The normalized spacial score (nSPS) is 16.0. The van der Waals surface area contributed by atoms with E-state index < -0.39 is 11.9 Å². The zero-order chi connectivity index (χ0) is 27.4. The fraction of sp³-hybridized carbons (Fsp3) is 0.818. The van der Waals surface area contributed by atoms with Crippen molar-refractivity contribution in [3.63, 3.8) is 0 Å². The summed E-state index contributed by atoms with van der Waals surface area (Å²) in [6, 6.07) is 0. The molecular weight excluding hydrogens is 448 g/mol. The minimum Gasteiger partial charge on any atom is -0.480 e. The lowest BCUT2D eigenvalue weighted by atomic mass is 10.3. The molecule has 0 amide bonds. The van der Waals surface area contributed by atoms with Gasteiger partial charge in [-0.2, -0.15) is 0 Å². The number of nitrogens with zero attached hydrogens (tertiary/aromatic N) is 4. The first-order chi connectivity index (χ1) is 16.4. The zero-order valence-corrected chi connectivity index (χ0v) is 21.9. The van der Waals surface area contributed by atoms with Crippen LogP contribution in [0.3, 0.4) is 0 Å². The van der Waals surface area contributed by atoms with Crippen LogP contribution in [-0.4, -0.2) is 157 Å². The zero-order valence-electron chi connectivity index (χ0n) is 21.9. The topological polar surface area (TPSA) is 162 Å². The Morgan fingerprint density at radius 1 is 0.559 bits per heavy atom. The van der Waals surface area contributed by atoms with E-state index in [1.54, 1.807) is 9.80 Å². The summed E-state index contributed by atoms with van der Waals surface area (Å²) in [5.74, 6) is -1.89. The number of aliphatic carboxylic acids is 2. The average Bonchev–Trinajstić information content (AvgIpc) is 2.85. The van der Waals surface area contributed by atoms with Crippen molar-refractivity contribution in [2.45, 2.75) is 27.7 Å². The lowest BCUT2D eigenvalue weighted by Crippen LogP contribution is -2.48. The van der Waals surface area contributed by atoms with Gasteiger partial charge in [-0.05, 0) is 0 Å². The van der Waals surface area contributed by atoms with E-state index in [0.29, 0.717) is 52.4 Å². The van der Waals surface area contributed by atoms with E-state index in [0.717, 1.165) is 26.8 Å². The molecule has 0 unspecified atom stereocenters. The molecule has 0 atom stereocenters. The second-order valence-electron chi connectivity index (χ2n) is 6.27. The SMILES string of the molecule is CC.CC.CO.CO.O=CCN1CCN(CC=O)CCN(CC(=O)O)CCN(CC(=O)O)CC1. The molecule has 0 aromatic rings. The third kappa shape index (κ3) is 24.7. The number of carbonyl (C=O) groups is 4. The molecule has 1 aliphatic rings. The minimum absolute atomic E-state index is 0.132. The predicted octanol–water partition coefficient (Wildman–Crippen LogP) is -0.956. The highest BCUT2D eigenvalue weighted by atomic mass is 16.4. The van der Waals surface area contributed by atoms with Crippen molar-refractivity contribution >= 4 is 24.5 Å². The highest BCUT2D eigenvalue weighted by molar-refractivity contribution is 5.69. The van der Waals surface area contributed by atoms with Crippen LogP contribution in [0.15, 0.2) is 0 Å². The van der Waals surface area contributed by atoms with Crippen molar-refractivity contribution in [3.8, 4) is 0 Å². The third-order valence-electron chi connectivity index (χ3n) is 4.31. The molecule has 1 heterocycles. The molecule has 4 N–H and O–H groups in total. The summed E-state index contributed by atoms with van der Waals surface area (Å²) < 4.78 is 0. The highest BCUT2D eigenvalue weighted by Crippen LogP contribution is 2.00. The van der Waals surface area contributed by atoms with Gasteiger partial charge in [0.1, 0.15) is 12.6 Å². The Hall–Kier alpha value is -1.96. The van der Waals surface area contributed by atoms with Crippen molar-refractivity contribution in [3.05, 3.63) is 0 Å². The number of carbonyl (C=O) groups excluding carboxylic acids is 2. The van der Waals surface area contributed by atoms with Crippen molar-refractivity contribution < 1.29 is 39.6 Å². The van der Waals surface area contributed by atoms with Crippen LogP contribution >= 0.6 is 0 Å². The van der Waals surface area contributed by atoms with Crippen molar-refractivity contribution in [2.24, 2.45) is 0 Å². The fourth-order valence-electron chi connectivity index (χ4n) is 2.85. The summed E-state index contributed by atoms with van der Waals surface area (Å²) >= 11 is 0. The Bertz CT molecular complexity index is 442. The number of hydrogen-bond acceptors (Lipinski definition) is 10. The van der Waals surface area contributed by atoms with Gasteiger partial charge in [0.25, 0.3) is 0 Å². The Morgan fingerprint density at radius 2 is 0.765 bits per heavy atom. The summed E-state index contributed by atoms with van der Waals surface area (Å²) in [6.45, 7) is 12.2. The molecule has 1 rings (SSSR count). The molecule has 0 aromatic carbocycles. The van der Waals surface area contributed by atoms with Gasteiger partial charge in [0.15, 0.2) is 0 Å². The second kappa shape index (κ2) is 31.0. The van der Waals surface area contributed by atoms with Crippen LogP contribution in [0.2, 0.25) is 0 Å². The molecule has 204 valence electrons. The van der Waals surface area contributed by atoms with Crippen molar-refractivity contribution in [2.75, 3.05) is 92.8 Å². The number of carboxylic acids is 2. The van der Waals surface area contributed by atoms with Crippen LogP contribution in [0, 0.1) is 0 Å². The summed E-state index contributed by atoms with van der Waals surface area (Å²) in [7, 11) is 2.00. The van der Waals surface area contributed by atoms with E-state index in [4.69, 9.17) is 20.4 Å². The number of aliphatic hydroxyl groups is 2. The number of hydrogen-bond donors (Lipinski definition) is 4. The lowest BCUT2D eigenvalue weighted by Gasteiger charge is -2.32. The molecule has 0 saturated carbocycles. The minimum atomic E-state index is -0.944. The molecular formula is C22H48N4O8. The van der Waals surface area contributed by atoms with E-state index >= 15 is 0 Å². The van der Waals surface area contributed by atoms with Gasteiger partial charge < -0.3 is 30.0 Å². The molecule has 1 aliphatic heterocycles. The average molecular weight is 497 g/mol. The molecule has 0 aromatic heterocycles. The van der Waals surface area contributed by atoms with Gasteiger partial charge in [0.2, 0.25) is 0 Å². The van der Waals surface area contributed by atoms with Crippen LogP contribution in [0.5, 0.6) is 0 Å².